The molecule has 0 spiro atoms. The summed E-state index contributed by atoms with van der Waals surface area (Å²) in [6.07, 6.45) is 5.44. The van der Waals surface area contributed by atoms with Gasteiger partial charge in [-0.2, -0.15) is 5.10 Å². The molecule has 2 aromatic rings. The van der Waals surface area contributed by atoms with E-state index in [0.717, 1.165) is 23.1 Å². The number of ether oxygens (including phenoxy) is 1. The van der Waals surface area contributed by atoms with Crippen LogP contribution in [0.3, 0.4) is 0 Å². The Balaban J connectivity index is 1.71. The third-order valence-corrected chi connectivity index (χ3v) is 5.34. The molecule has 0 saturated heterocycles. The van der Waals surface area contributed by atoms with Gasteiger partial charge in [-0.3, -0.25) is 4.68 Å². The lowest BCUT2D eigenvalue weighted by atomic mass is 9.94. The number of oxime groups is 1. The van der Waals surface area contributed by atoms with Crippen molar-refractivity contribution in [1.29, 1.82) is 0 Å². The second-order valence-corrected chi connectivity index (χ2v) is 6.87. The van der Waals surface area contributed by atoms with Gasteiger partial charge in [0, 0.05) is 31.8 Å². The van der Waals surface area contributed by atoms with Crippen LogP contribution in [-0.2, 0) is 29.6 Å². The molecular weight excluding hydrogens is 330 g/mol. The summed E-state index contributed by atoms with van der Waals surface area (Å²) in [5, 5.41) is 16.2. The molecule has 138 valence electrons. The number of aromatic nitrogens is 2. The molecule has 0 amide bonds. The number of hydrogen-bond acceptors (Lipinski definition) is 5. The molecule has 26 heavy (non-hydrogen) atoms. The number of rotatable bonds is 9. The number of aldehydes is 1. The van der Waals surface area contributed by atoms with Crippen LogP contribution < -0.4 is 0 Å². The minimum absolute atomic E-state index is 0.0787. The highest BCUT2D eigenvalue weighted by atomic mass is 16.5. The van der Waals surface area contributed by atoms with E-state index in [0.29, 0.717) is 19.4 Å². The fourth-order valence-electron chi connectivity index (χ4n) is 3.87. The first-order valence-electron chi connectivity index (χ1n) is 8.93. The highest BCUT2D eigenvalue weighted by molar-refractivity contribution is 5.60. The van der Waals surface area contributed by atoms with E-state index in [-0.39, 0.29) is 23.9 Å². The van der Waals surface area contributed by atoms with Gasteiger partial charge in [0.25, 0.3) is 0 Å². The van der Waals surface area contributed by atoms with E-state index in [1.807, 2.05) is 48.3 Å². The van der Waals surface area contributed by atoms with E-state index in [2.05, 4.69) is 17.2 Å². The second kappa shape index (κ2) is 8.27. The van der Waals surface area contributed by atoms with Gasteiger partial charge in [0.1, 0.15) is 6.29 Å². The topological polar surface area (TPSA) is 76.7 Å². The molecule has 1 aliphatic carbocycles. The van der Waals surface area contributed by atoms with Crippen LogP contribution in [0.1, 0.15) is 36.1 Å². The number of aryl methyl sites for hydroxylation is 1. The maximum absolute atomic E-state index is 11.1. The smallest absolute Gasteiger partial charge is 0.120 e. The monoisotopic (exact) mass is 355 g/mol. The van der Waals surface area contributed by atoms with Crippen molar-refractivity contribution in [1.82, 2.24) is 9.78 Å². The maximum atomic E-state index is 11.1. The zero-order valence-electron chi connectivity index (χ0n) is 15.2. The molecule has 1 saturated carbocycles. The van der Waals surface area contributed by atoms with E-state index in [9.17, 15) is 4.79 Å². The van der Waals surface area contributed by atoms with Gasteiger partial charge < -0.3 is 14.7 Å². The standard InChI is InChI=1S/C20H25N3O3/c1-14(17-12-21-23(2)18(17)8-10-22-25)19-16(9-11-24)20(19)26-13-15-6-4-3-5-7-15/h3-7,10-12,14,16,19-20,25H,8-9,13H2,1-2H3/b22-10+/t14-,16?,19?,20?/m0/s1. The Bertz CT molecular complexity index is 757. The van der Waals surface area contributed by atoms with E-state index in [1.54, 1.807) is 0 Å². The Morgan fingerprint density at radius 3 is 2.85 bits per heavy atom. The second-order valence-electron chi connectivity index (χ2n) is 6.87. The lowest BCUT2D eigenvalue weighted by molar-refractivity contribution is -0.108. The van der Waals surface area contributed by atoms with E-state index >= 15 is 0 Å². The van der Waals surface area contributed by atoms with Crippen molar-refractivity contribution in [2.75, 3.05) is 0 Å². The molecule has 6 nitrogen and oxygen atoms in total. The van der Waals surface area contributed by atoms with E-state index < -0.39 is 0 Å². The van der Waals surface area contributed by atoms with Gasteiger partial charge in [-0.25, -0.2) is 0 Å². The van der Waals surface area contributed by atoms with Crippen LogP contribution in [0.15, 0.2) is 41.7 Å². The zero-order valence-corrected chi connectivity index (χ0v) is 15.2. The van der Waals surface area contributed by atoms with Gasteiger partial charge in [0.15, 0.2) is 0 Å². The molecule has 3 unspecified atom stereocenters. The quantitative estimate of drug-likeness (QED) is 0.325. The molecule has 3 rings (SSSR count). The Hall–Kier alpha value is -2.47. The predicted molar refractivity (Wildman–Crippen MR) is 98.3 cm³/mol. The molecule has 1 heterocycles. The van der Waals surface area contributed by atoms with Crippen LogP contribution in [0, 0.1) is 11.8 Å². The third-order valence-electron chi connectivity index (χ3n) is 5.34. The number of carbonyl (C=O) groups excluding carboxylic acids is 1. The van der Waals surface area contributed by atoms with Crippen molar-refractivity contribution >= 4 is 12.5 Å². The van der Waals surface area contributed by atoms with Gasteiger partial charge in [-0.05, 0) is 28.9 Å². The number of nitrogens with zero attached hydrogens (tertiary/aromatic N) is 3. The van der Waals surface area contributed by atoms with Gasteiger partial charge in [-0.15, -0.1) is 5.16 Å². The lowest BCUT2D eigenvalue weighted by Crippen LogP contribution is -2.07. The van der Waals surface area contributed by atoms with Crippen molar-refractivity contribution in [3.05, 3.63) is 53.3 Å². The van der Waals surface area contributed by atoms with Crippen LogP contribution >= 0.6 is 0 Å². The Kier molecular flexibility index (Phi) is 5.83. The molecule has 1 fully saturated rings. The van der Waals surface area contributed by atoms with Crippen molar-refractivity contribution in [3.63, 3.8) is 0 Å². The van der Waals surface area contributed by atoms with Crippen LogP contribution in [0.25, 0.3) is 0 Å². The highest BCUT2D eigenvalue weighted by Crippen LogP contribution is 2.52. The summed E-state index contributed by atoms with van der Waals surface area (Å²) >= 11 is 0. The first-order valence-corrected chi connectivity index (χ1v) is 8.93. The first kappa shape index (κ1) is 18.3. The van der Waals surface area contributed by atoms with Crippen molar-refractivity contribution < 1.29 is 14.7 Å². The number of carbonyl (C=O) groups is 1. The van der Waals surface area contributed by atoms with Crippen molar-refractivity contribution in [2.45, 2.75) is 38.4 Å². The summed E-state index contributed by atoms with van der Waals surface area (Å²) in [7, 11) is 1.88. The minimum Gasteiger partial charge on any atom is -0.411 e. The van der Waals surface area contributed by atoms with Crippen LogP contribution in [0.4, 0.5) is 0 Å². The predicted octanol–water partition coefficient (Wildman–Crippen LogP) is 2.95. The summed E-state index contributed by atoms with van der Waals surface area (Å²) in [6, 6.07) is 10.1. The molecule has 1 aliphatic rings. The summed E-state index contributed by atoms with van der Waals surface area (Å²) in [6.45, 7) is 2.71. The average Bonchev–Trinajstić information content (AvgIpc) is 3.22. The molecule has 1 N–H and O–H groups in total. The number of hydrogen-bond donors (Lipinski definition) is 1. The minimum atomic E-state index is 0.0787. The number of benzene rings is 1. The fourth-order valence-corrected chi connectivity index (χ4v) is 3.87. The summed E-state index contributed by atoms with van der Waals surface area (Å²) in [5.74, 6) is 0.750. The summed E-state index contributed by atoms with van der Waals surface area (Å²) in [4.78, 5) is 11.1. The molecule has 1 aromatic carbocycles. The Morgan fingerprint density at radius 1 is 1.38 bits per heavy atom. The largest absolute Gasteiger partial charge is 0.411 e. The van der Waals surface area contributed by atoms with Crippen LogP contribution in [-0.4, -0.2) is 33.6 Å². The molecule has 6 heteroatoms. The van der Waals surface area contributed by atoms with Crippen LogP contribution in [0.5, 0.6) is 0 Å². The maximum Gasteiger partial charge on any atom is 0.120 e. The van der Waals surface area contributed by atoms with Crippen molar-refractivity contribution in [3.8, 4) is 0 Å². The fraction of sp³-hybridized carbons (Fsp3) is 0.450. The third kappa shape index (κ3) is 3.85. The Morgan fingerprint density at radius 2 is 2.15 bits per heavy atom. The SMILES string of the molecule is C[C@@H](c1cnn(C)c1C/C=N/O)C1C(CC=O)C1OCc1ccccc1. The Labute approximate surface area is 153 Å². The lowest BCUT2D eigenvalue weighted by Gasteiger charge is -2.12. The van der Waals surface area contributed by atoms with Gasteiger partial charge in [0.2, 0.25) is 0 Å². The highest BCUT2D eigenvalue weighted by Gasteiger charge is 2.54. The van der Waals surface area contributed by atoms with Gasteiger partial charge in [0.05, 0.1) is 18.9 Å². The first-order chi connectivity index (χ1) is 12.7. The summed E-state index contributed by atoms with van der Waals surface area (Å²) < 4.78 is 7.94. The molecule has 4 atom stereocenters. The zero-order chi connectivity index (χ0) is 18.5. The normalized spacial score (nSPS) is 23.2. The van der Waals surface area contributed by atoms with Crippen molar-refractivity contribution in [2.24, 2.45) is 24.0 Å². The molecule has 0 bridgehead atoms. The van der Waals surface area contributed by atoms with Gasteiger partial charge in [-0.1, -0.05) is 37.3 Å². The summed E-state index contributed by atoms with van der Waals surface area (Å²) in [5.41, 5.74) is 3.28. The molecule has 1 aromatic heterocycles. The molecule has 0 aliphatic heterocycles. The molecule has 0 radical (unpaired) electrons. The molecular formula is C20H25N3O3. The van der Waals surface area contributed by atoms with Gasteiger partial charge >= 0.3 is 0 Å². The van der Waals surface area contributed by atoms with Crippen LogP contribution in [0.2, 0.25) is 0 Å². The average molecular weight is 355 g/mol. The van der Waals surface area contributed by atoms with E-state index in [1.165, 1.54) is 6.21 Å². The van der Waals surface area contributed by atoms with E-state index in [4.69, 9.17) is 9.94 Å².